The summed E-state index contributed by atoms with van der Waals surface area (Å²) >= 11 is 0. The van der Waals surface area contributed by atoms with Crippen molar-refractivity contribution >= 4 is 22.4 Å². The standard InChI is InChI=1S/C26H23F5N4O/c1-24(2,3)35-18-7-6-17(27)21(28)20(18)22(33-23(35)36)34-12-4-5-16-15(13-32-14-19(16)34)8-9-25(10-11-25)26(29,30)31/h6-7,13-14H,4-5,10-12H2,1-3H3. The van der Waals surface area contributed by atoms with Gasteiger partial charge < -0.3 is 4.90 Å². The largest absolute Gasteiger partial charge is 0.405 e. The smallest absolute Gasteiger partial charge is 0.324 e. The number of hydrogen-bond donors (Lipinski definition) is 0. The van der Waals surface area contributed by atoms with Crippen LogP contribution in [0.3, 0.4) is 0 Å². The van der Waals surface area contributed by atoms with Crippen LogP contribution in [0.2, 0.25) is 0 Å². The van der Waals surface area contributed by atoms with Crippen molar-refractivity contribution in [3.05, 3.63) is 57.8 Å². The lowest BCUT2D eigenvalue weighted by atomic mass is 9.97. The van der Waals surface area contributed by atoms with E-state index in [1.54, 1.807) is 25.7 Å². The molecule has 0 radical (unpaired) electrons. The minimum atomic E-state index is -4.41. The van der Waals surface area contributed by atoms with E-state index < -0.39 is 34.5 Å². The molecule has 1 aliphatic carbocycles. The van der Waals surface area contributed by atoms with E-state index in [0.29, 0.717) is 36.2 Å². The summed E-state index contributed by atoms with van der Waals surface area (Å²) in [5.74, 6) is 2.79. The molecule has 3 heterocycles. The third-order valence-electron chi connectivity index (χ3n) is 6.72. The highest BCUT2D eigenvalue weighted by Gasteiger charge is 2.62. The van der Waals surface area contributed by atoms with Crippen LogP contribution in [0.15, 0.2) is 29.3 Å². The van der Waals surface area contributed by atoms with Gasteiger partial charge in [-0.2, -0.15) is 18.2 Å². The van der Waals surface area contributed by atoms with Gasteiger partial charge in [-0.3, -0.25) is 9.55 Å². The molecular formula is C26H23F5N4O. The Balaban J connectivity index is 1.70. The van der Waals surface area contributed by atoms with Crippen molar-refractivity contribution < 1.29 is 22.0 Å². The molecule has 10 heteroatoms. The van der Waals surface area contributed by atoms with E-state index >= 15 is 4.39 Å². The van der Waals surface area contributed by atoms with E-state index in [1.807, 2.05) is 0 Å². The molecule has 0 amide bonds. The highest BCUT2D eigenvalue weighted by atomic mass is 19.4. The number of hydrogen-bond acceptors (Lipinski definition) is 4. The molecule has 1 aromatic carbocycles. The lowest BCUT2D eigenvalue weighted by Gasteiger charge is -2.32. The Morgan fingerprint density at radius 1 is 1.08 bits per heavy atom. The zero-order valence-corrected chi connectivity index (χ0v) is 19.9. The van der Waals surface area contributed by atoms with Crippen LogP contribution in [0.4, 0.5) is 33.5 Å². The van der Waals surface area contributed by atoms with Gasteiger partial charge in [-0.05, 0) is 64.2 Å². The number of halogens is 5. The molecule has 1 aliphatic heterocycles. The average molecular weight is 502 g/mol. The van der Waals surface area contributed by atoms with E-state index in [-0.39, 0.29) is 29.6 Å². The molecule has 1 fully saturated rings. The third kappa shape index (κ3) is 3.81. The van der Waals surface area contributed by atoms with E-state index in [1.165, 1.54) is 23.0 Å². The molecule has 3 aromatic rings. The van der Waals surface area contributed by atoms with E-state index in [2.05, 4.69) is 21.8 Å². The van der Waals surface area contributed by atoms with Gasteiger partial charge in [0.2, 0.25) is 0 Å². The van der Waals surface area contributed by atoms with Crippen molar-refractivity contribution in [2.75, 3.05) is 11.4 Å². The normalized spacial score (nSPS) is 16.9. The van der Waals surface area contributed by atoms with Crippen molar-refractivity contribution in [1.82, 2.24) is 14.5 Å². The molecule has 2 aromatic heterocycles. The van der Waals surface area contributed by atoms with Crippen molar-refractivity contribution in [1.29, 1.82) is 0 Å². The average Bonchev–Trinajstić information content (AvgIpc) is 3.60. The SMILES string of the molecule is CC(C)(C)n1c(=O)nc(N2CCCc3c(C#CC4(C(F)(F)F)CC4)cncc32)c2c(F)c(F)ccc21. The number of pyridine rings is 1. The zero-order chi connectivity index (χ0) is 26.0. The fourth-order valence-electron chi connectivity index (χ4n) is 4.71. The van der Waals surface area contributed by atoms with Gasteiger partial charge in [-0.25, -0.2) is 13.6 Å². The Morgan fingerprint density at radius 3 is 2.44 bits per heavy atom. The van der Waals surface area contributed by atoms with Crippen molar-refractivity contribution in [2.45, 2.75) is 58.2 Å². The molecule has 0 atom stereocenters. The Kier molecular flexibility index (Phi) is 5.39. The maximum atomic E-state index is 15.2. The summed E-state index contributed by atoms with van der Waals surface area (Å²) in [5, 5.41) is -0.150. The predicted molar refractivity (Wildman–Crippen MR) is 125 cm³/mol. The molecule has 2 aliphatic rings. The fraction of sp³-hybridized carbons (Fsp3) is 0.423. The first-order valence-electron chi connectivity index (χ1n) is 11.6. The number of nitrogens with zero attached hydrogens (tertiary/aromatic N) is 4. The Bertz CT molecular complexity index is 1500. The fourth-order valence-corrected chi connectivity index (χ4v) is 4.71. The lowest BCUT2D eigenvalue weighted by Crippen LogP contribution is -2.38. The summed E-state index contributed by atoms with van der Waals surface area (Å²) in [6, 6.07) is 2.32. The molecule has 36 heavy (non-hydrogen) atoms. The van der Waals surface area contributed by atoms with Crippen LogP contribution >= 0.6 is 0 Å². The number of benzene rings is 1. The van der Waals surface area contributed by atoms with Gasteiger partial charge in [0.15, 0.2) is 17.5 Å². The Labute approximate surface area is 204 Å². The van der Waals surface area contributed by atoms with Crippen molar-refractivity contribution in [3.8, 4) is 11.8 Å². The van der Waals surface area contributed by atoms with Gasteiger partial charge in [0.05, 0.1) is 22.8 Å². The monoisotopic (exact) mass is 502 g/mol. The molecule has 1 saturated carbocycles. The highest BCUT2D eigenvalue weighted by molar-refractivity contribution is 5.93. The molecule has 188 valence electrons. The van der Waals surface area contributed by atoms with Crippen LogP contribution in [0.1, 0.15) is 51.2 Å². The molecule has 5 nitrogen and oxygen atoms in total. The van der Waals surface area contributed by atoms with Crippen LogP contribution < -0.4 is 10.6 Å². The third-order valence-corrected chi connectivity index (χ3v) is 6.72. The maximum absolute atomic E-state index is 15.2. The van der Waals surface area contributed by atoms with Crippen LogP contribution in [-0.4, -0.2) is 27.3 Å². The minimum absolute atomic E-state index is 0.0388. The summed E-state index contributed by atoms with van der Waals surface area (Å²) in [4.78, 5) is 23.0. The second kappa shape index (κ2) is 8.02. The van der Waals surface area contributed by atoms with E-state index in [0.717, 1.165) is 6.07 Å². The van der Waals surface area contributed by atoms with Crippen molar-refractivity contribution in [3.63, 3.8) is 0 Å². The first kappa shape index (κ1) is 24.2. The molecule has 0 N–H and O–H groups in total. The topological polar surface area (TPSA) is 51.0 Å². The Morgan fingerprint density at radius 2 is 1.81 bits per heavy atom. The summed E-state index contributed by atoms with van der Waals surface area (Å²) in [7, 11) is 0. The number of rotatable bonds is 1. The minimum Gasteiger partial charge on any atom is -0.324 e. The van der Waals surface area contributed by atoms with Gasteiger partial charge >= 0.3 is 11.9 Å². The number of alkyl halides is 3. The quantitative estimate of drug-likeness (QED) is 0.321. The molecule has 5 rings (SSSR count). The molecule has 0 bridgehead atoms. The second-order valence-electron chi connectivity index (χ2n) is 10.2. The maximum Gasteiger partial charge on any atom is 0.405 e. The van der Waals surface area contributed by atoms with Gasteiger partial charge in [-0.1, -0.05) is 11.8 Å². The molecule has 0 saturated heterocycles. The zero-order valence-electron chi connectivity index (χ0n) is 19.9. The molecule has 0 unspecified atom stereocenters. The van der Waals surface area contributed by atoms with Gasteiger partial charge in [0.25, 0.3) is 0 Å². The number of aromatic nitrogens is 3. The highest BCUT2D eigenvalue weighted by Crippen LogP contribution is 2.57. The van der Waals surface area contributed by atoms with E-state index in [4.69, 9.17) is 0 Å². The van der Waals surface area contributed by atoms with Crippen LogP contribution in [-0.2, 0) is 12.0 Å². The number of fused-ring (bicyclic) bond motifs is 2. The van der Waals surface area contributed by atoms with Crippen LogP contribution in [0.5, 0.6) is 0 Å². The van der Waals surface area contributed by atoms with E-state index in [9.17, 15) is 22.4 Å². The molecule has 0 spiro atoms. The lowest BCUT2D eigenvalue weighted by molar-refractivity contribution is -0.168. The molecular weight excluding hydrogens is 479 g/mol. The van der Waals surface area contributed by atoms with Gasteiger partial charge in [0, 0.05) is 23.8 Å². The van der Waals surface area contributed by atoms with Gasteiger partial charge in [-0.15, -0.1) is 0 Å². The van der Waals surface area contributed by atoms with Gasteiger partial charge in [0.1, 0.15) is 5.41 Å². The Hall–Kier alpha value is -3.48. The summed E-state index contributed by atoms with van der Waals surface area (Å²) in [6.07, 6.45) is -0.549. The summed E-state index contributed by atoms with van der Waals surface area (Å²) in [5.41, 5.74) is -1.76. The van der Waals surface area contributed by atoms with Crippen LogP contribution in [0.25, 0.3) is 10.9 Å². The second-order valence-corrected chi connectivity index (χ2v) is 10.2. The summed E-state index contributed by atoms with van der Waals surface area (Å²) < 4.78 is 71.0. The first-order chi connectivity index (χ1) is 16.8. The summed E-state index contributed by atoms with van der Waals surface area (Å²) in [6.45, 7) is 5.61. The predicted octanol–water partition coefficient (Wildman–Crippen LogP) is 5.60. The van der Waals surface area contributed by atoms with Crippen LogP contribution in [0, 0.1) is 28.9 Å². The van der Waals surface area contributed by atoms with Crippen molar-refractivity contribution in [2.24, 2.45) is 5.41 Å². The number of anilines is 2. The first-order valence-corrected chi connectivity index (χ1v) is 11.6.